The Morgan fingerprint density at radius 2 is 1.94 bits per heavy atom. The number of amides is 1. The van der Waals surface area contributed by atoms with Crippen molar-refractivity contribution in [2.45, 2.75) is 117 Å². The molecule has 3 fully saturated rings. The molecule has 3 unspecified atom stereocenters. The molecule has 3 nitrogen and oxygen atoms in total. The molecule has 3 aliphatic carbocycles. The van der Waals surface area contributed by atoms with Crippen LogP contribution in [0.3, 0.4) is 0 Å². The highest BCUT2D eigenvalue weighted by Gasteiger charge is 2.50. The molecule has 0 radical (unpaired) electrons. The third-order valence-electron chi connectivity index (χ3n) is 9.61. The van der Waals surface area contributed by atoms with Crippen LogP contribution in [0.25, 0.3) is 0 Å². The van der Waals surface area contributed by atoms with Crippen LogP contribution >= 0.6 is 0 Å². The second-order valence-electron chi connectivity index (χ2n) is 12.4. The fourth-order valence-electron chi connectivity index (χ4n) is 7.11. The van der Waals surface area contributed by atoms with E-state index in [2.05, 4.69) is 44.8 Å². The Labute approximate surface area is 203 Å². The monoisotopic (exact) mass is 455 g/mol. The molecule has 0 spiro atoms. The van der Waals surface area contributed by atoms with Crippen molar-refractivity contribution in [2.24, 2.45) is 29.1 Å². The number of rotatable bonds is 7. The minimum atomic E-state index is -0.585. The van der Waals surface area contributed by atoms with Crippen molar-refractivity contribution in [3.8, 4) is 0 Å². The van der Waals surface area contributed by atoms with Gasteiger partial charge in [-0.25, -0.2) is 0 Å². The van der Waals surface area contributed by atoms with Crippen LogP contribution in [-0.2, 0) is 4.79 Å². The van der Waals surface area contributed by atoms with E-state index in [9.17, 15) is 9.90 Å². The third kappa shape index (κ3) is 6.21. The summed E-state index contributed by atoms with van der Waals surface area (Å²) < 4.78 is 0. The van der Waals surface area contributed by atoms with Gasteiger partial charge in [-0.2, -0.15) is 0 Å². The Bertz CT molecular complexity index is 786. The predicted molar refractivity (Wildman–Crippen MR) is 139 cm³/mol. The normalized spacial score (nSPS) is 34.9. The molecule has 2 N–H and O–H groups in total. The third-order valence-corrected chi connectivity index (χ3v) is 9.61. The van der Waals surface area contributed by atoms with E-state index in [0.29, 0.717) is 23.2 Å². The van der Waals surface area contributed by atoms with Gasteiger partial charge in [0.1, 0.15) is 0 Å². The molecule has 0 bridgehead atoms. The molecule has 3 rings (SSSR count). The van der Waals surface area contributed by atoms with Crippen LogP contribution in [0.5, 0.6) is 0 Å². The summed E-state index contributed by atoms with van der Waals surface area (Å²) in [6, 6.07) is 0.247. The summed E-state index contributed by atoms with van der Waals surface area (Å²) in [6.07, 6.45) is 16.5. The van der Waals surface area contributed by atoms with Crippen LogP contribution in [0, 0.1) is 29.1 Å². The summed E-state index contributed by atoms with van der Waals surface area (Å²) in [5.74, 6) is 2.59. The Kier molecular flexibility index (Phi) is 8.36. The second kappa shape index (κ2) is 10.5. The topological polar surface area (TPSA) is 49.3 Å². The van der Waals surface area contributed by atoms with Gasteiger partial charge in [0.2, 0.25) is 5.91 Å². The molecule has 0 aromatic rings. The van der Waals surface area contributed by atoms with E-state index in [0.717, 1.165) is 31.6 Å². The van der Waals surface area contributed by atoms with E-state index in [1.807, 2.05) is 13.8 Å². The lowest BCUT2D eigenvalue weighted by atomic mass is 9.60. The highest BCUT2D eigenvalue weighted by Crippen LogP contribution is 2.60. The van der Waals surface area contributed by atoms with Crippen molar-refractivity contribution in [3.63, 3.8) is 0 Å². The second-order valence-corrected chi connectivity index (χ2v) is 12.4. The number of allylic oxidation sites excluding steroid dienone is 4. The number of carbonyl (C=O) groups excluding carboxylic acids is 1. The maximum absolute atomic E-state index is 11.5. The summed E-state index contributed by atoms with van der Waals surface area (Å²) in [6.45, 7) is 17.0. The van der Waals surface area contributed by atoms with Gasteiger partial charge < -0.3 is 10.4 Å². The number of hydrogen-bond donors (Lipinski definition) is 2. The first kappa shape index (κ1) is 26.3. The highest BCUT2D eigenvalue weighted by molar-refractivity contribution is 5.73. The minimum Gasteiger partial charge on any atom is -0.390 e. The molecule has 33 heavy (non-hydrogen) atoms. The molecule has 3 heteroatoms. The van der Waals surface area contributed by atoms with Crippen molar-refractivity contribution in [3.05, 3.63) is 35.5 Å². The molecule has 0 aromatic heterocycles. The Hall–Kier alpha value is -1.35. The molecule has 186 valence electrons. The summed E-state index contributed by atoms with van der Waals surface area (Å²) in [5, 5.41) is 13.4. The standard InChI is InChI=1S/C30H49NO2/c1-20-11-15-26(31-23(4)32)19-25(20)14-13-24-9-8-18-30(7)27(16-17-28(24)30)21(2)10-12-22(3)29(5,6)33/h13-14,21-22,26-28,33H,1,8-12,15-19H2,2-7H3,(H,31,32)/b24-13+,25-14-/t21?,22?,26-,27-,28?,30-/m1/s1. The number of nitrogens with one attached hydrogen (secondary N) is 1. The zero-order valence-electron chi connectivity index (χ0n) is 22.2. The van der Waals surface area contributed by atoms with Crippen molar-refractivity contribution >= 4 is 5.91 Å². The Morgan fingerprint density at radius 1 is 1.21 bits per heavy atom. The largest absolute Gasteiger partial charge is 0.390 e. The van der Waals surface area contributed by atoms with Gasteiger partial charge in [0.25, 0.3) is 0 Å². The van der Waals surface area contributed by atoms with Gasteiger partial charge in [-0.3, -0.25) is 4.79 Å². The van der Waals surface area contributed by atoms with Gasteiger partial charge in [0, 0.05) is 13.0 Å². The number of hydrogen-bond acceptors (Lipinski definition) is 2. The van der Waals surface area contributed by atoms with E-state index in [1.165, 1.54) is 49.7 Å². The minimum absolute atomic E-state index is 0.0660. The molecule has 0 aromatic carbocycles. The molecule has 3 aliphatic rings. The molecular weight excluding hydrogens is 406 g/mol. The van der Waals surface area contributed by atoms with E-state index < -0.39 is 5.60 Å². The number of fused-ring (bicyclic) bond motifs is 1. The molecule has 6 atom stereocenters. The number of aliphatic hydroxyl groups is 1. The van der Waals surface area contributed by atoms with Gasteiger partial charge in [0.15, 0.2) is 0 Å². The first-order valence-electron chi connectivity index (χ1n) is 13.5. The average molecular weight is 456 g/mol. The van der Waals surface area contributed by atoms with E-state index >= 15 is 0 Å². The fourth-order valence-corrected chi connectivity index (χ4v) is 7.11. The van der Waals surface area contributed by atoms with Crippen molar-refractivity contribution in [1.29, 1.82) is 0 Å². The van der Waals surface area contributed by atoms with Gasteiger partial charge in [-0.15, -0.1) is 0 Å². The van der Waals surface area contributed by atoms with Crippen molar-refractivity contribution in [1.82, 2.24) is 5.32 Å². The van der Waals surface area contributed by atoms with Crippen LogP contribution in [-0.4, -0.2) is 22.7 Å². The van der Waals surface area contributed by atoms with E-state index in [-0.39, 0.29) is 11.9 Å². The zero-order chi connectivity index (χ0) is 24.4. The Morgan fingerprint density at radius 3 is 2.61 bits per heavy atom. The molecular formula is C30H49NO2. The van der Waals surface area contributed by atoms with Gasteiger partial charge in [-0.1, -0.05) is 57.1 Å². The lowest BCUT2D eigenvalue weighted by molar-refractivity contribution is -0.119. The van der Waals surface area contributed by atoms with Crippen molar-refractivity contribution < 1.29 is 9.90 Å². The number of carbonyl (C=O) groups is 1. The maximum Gasteiger partial charge on any atom is 0.217 e. The van der Waals surface area contributed by atoms with Crippen LogP contribution < -0.4 is 5.32 Å². The van der Waals surface area contributed by atoms with Gasteiger partial charge >= 0.3 is 0 Å². The SMILES string of the molecule is C=C1CC[C@@H](NC(C)=O)C/C1=C/C=C1\CCC[C@@]2(C)C1CC[C@@H]2C(C)CCC(C)C(C)(C)O. The van der Waals surface area contributed by atoms with Crippen LogP contribution in [0.4, 0.5) is 0 Å². The first-order valence-corrected chi connectivity index (χ1v) is 13.5. The molecule has 0 aliphatic heterocycles. The Balaban J connectivity index is 1.69. The van der Waals surface area contributed by atoms with Crippen LogP contribution in [0.2, 0.25) is 0 Å². The quantitative estimate of drug-likeness (QED) is 0.429. The molecule has 1 amide bonds. The summed E-state index contributed by atoms with van der Waals surface area (Å²) in [4.78, 5) is 11.5. The van der Waals surface area contributed by atoms with Crippen LogP contribution in [0.1, 0.15) is 106 Å². The van der Waals surface area contributed by atoms with E-state index in [4.69, 9.17) is 0 Å². The first-order chi connectivity index (χ1) is 15.4. The summed E-state index contributed by atoms with van der Waals surface area (Å²) >= 11 is 0. The average Bonchev–Trinajstić information content (AvgIpc) is 3.08. The summed E-state index contributed by atoms with van der Waals surface area (Å²) in [5.41, 5.74) is 4.03. The predicted octanol–water partition coefficient (Wildman–Crippen LogP) is 7.12. The fraction of sp³-hybridized carbons (Fsp3) is 0.767. The molecule has 0 saturated heterocycles. The lowest BCUT2D eigenvalue weighted by Crippen LogP contribution is -2.36. The van der Waals surface area contributed by atoms with Gasteiger partial charge in [0.05, 0.1) is 5.60 Å². The molecule has 3 saturated carbocycles. The summed E-state index contributed by atoms with van der Waals surface area (Å²) in [7, 11) is 0. The van der Waals surface area contributed by atoms with E-state index in [1.54, 1.807) is 12.5 Å². The maximum atomic E-state index is 11.5. The smallest absolute Gasteiger partial charge is 0.217 e. The highest BCUT2D eigenvalue weighted by atomic mass is 16.3. The lowest BCUT2D eigenvalue weighted by Gasteiger charge is -2.44. The molecule has 0 heterocycles. The van der Waals surface area contributed by atoms with Crippen molar-refractivity contribution in [2.75, 3.05) is 0 Å². The zero-order valence-corrected chi connectivity index (χ0v) is 22.2. The van der Waals surface area contributed by atoms with Crippen LogP contribution in [0.15, 0.2) is 35.5 Å². The van der Waals surface area contributed by atoms with Gasteiger partial charge in [-0.05, 0) is 106 Å².